The molecule has 2 aromatic heterocycles. The van der Waals surface area contributed by atoms with Gasteiger partial charge in [0.15, 0.2) is 0 Å². The molecule has 0 radical (unpaired) electrons. The molecular weight excluding hydrogens is 310 g/mol. The molecule has 24 heavy (non-hydrogen) atoms. The Balaban J connectivity index is 1.74. The number of ether oxygens (including phenoxy) is 1. The van der Waals surface area contributed by atoms with Crippen molar-refractivity contribution in [3.8, 4) is 0 Å². The summed E-state index contributed by atoms with van der Waals surface area (Å²) in [7, 11) is 5.30. The Morgan fingerprint density at radius 1 is 1.38 bits per heavy atom. The van der Waals surface area contributed by atoms with Crippen LogP contribution in [0.2, 0.25) is 0 Å². The highest BCUT2D eigenvalue weighted by Gasteiger charge is 2.31. The topological polar surface area (TPSA) is 89.3 Å². The Kier molecular flexibility index (Phi) is 4.70. The summed E-state index contributed by atoms with van der Waals surface area (Å²) >= 11 is 0. The van der Waals surface area contributed by atoms with Gasteiger partial charge in [-0.25, -0.2) is 9.97 Å². The summed E-state index contributed by atoms with van der Waals surface area (Å²) in [5.41, 5.74) is 1.93. The van der Waals surface area contributed by atoms with Crippen molar-refractivity contribution in [2.75, 3.05) is 38.8 Å². The van der Waals surface area contributed by atoms with Crippen LogP contribution in [0.4, 0.5) is 5.95 Å². The average molecular weight is 331 g/mol. The molecule has 0 aromatic carbocycles. The number of amides is 1. The second-order valence-electron chi connectivity index (χ2n) is 5.97. The Labute approximate surface area is 140 Å². The molecule has 3 heterocycles. The van der Waals surface area contributed by atoms with Crippen LogP contribution >= 0.6 is 0 Å². The van der Waals surface area contributed by atoms with Gasteiger partial charge in [-0.05, 0) is 6.07 Å². The van der Waals surface area contributed by atoms with Gasteiger partial charge in [0.25, 0.3) is 0 Å². The zero-order valence-electron chi connectivity index (χ0n) is 14.1. The van der Waals surface area contributed by atoms with Crippen molar-refractivity contribution in [2.24, 2.45) is 7.05 Å². The molecule has 0 fully saturated rings. The molecule has 128 valence electrons. The maximum atomic E-state index is 11.7. The van der Waals surface area contributed by atoms with E-state index in [0.29, 0.717) is 25.6 Å². The van der Waals surface area contributed by atoms with Crippen LogP contribution in [0.5, 0.6) is 0 Å². The van der Waals surface area contributed by atoms with E-state index in [-0.39, 0.29) is 18.4 Å². The van der Waals surface area contributed by atoms with Crippen molar-refractivity contribution in [3.63, 3.8) is 0 Å². The third-order valence-corrected chi connectivity index (χ3v) is 3.99. The van der Waals surface area contributed by atoms with Crippen molar-refractivity contribution < 1.29 is 9.53 Å². The van der Waals surface area contributed by atoms with Gasteiger partial charge in [-0.15, -0.1) is 5.10 Å². The number of fused-ring (bicyclic) bond motifs is 1. The molecule has 2 aromatic rings. The van der Waals surface area contributed by atoms with E-state index in [9.17, 15) is 4.79 Å². The van der Waals surface area contributed by atoms with Gasteiger partial charge in [-0.1, -0.05) is 5.21 Å². The normalized spacial score (nSPS) is 16.8. The maximum absolute atomic E-state index is 11.7. The van der Waals surface area contributed by atoms with Crippen LogP contribution in [0.25, 0.3) is 0 Å². The Morgan fingerprint density at radius 3 is 2.83 bits per heavy atom. The molecule has 1 aliphatic heterocycles. The van der Waals surface area contributed by atoms with E-state index >= 15 is 0 Å². The van der Waals surface area contributed by atoms with Crippen LogP contribution in [-0.4, -0.2) is 69.6 Å². The lowest BCUT2D eigenvalue weighted by molar-refractivity contribution is -0.133. The van der Waals surface area contributed by atoms with Gasteiger partial charge in [0, 0.05) is 46.0 Å². The van der Waals surface area contributed by atoms with Crippen LogP contribution in [0.3, 0.4) is 0 Å². The summed E-state index contributed by atoms with van der Waals surface area (Å²) < 4.78 is 7.41. The van der Waals surface area contributed by atoms with E-state index in [1.165, 1.54) is 4.90 Å². The minimum absolute atomic E-state index is 0.0486. The van der Waals surface area contributed by atoms with E-state index in [0.717, 1.165) is 11.4 Å². The Bertz CT molecular complexity index is 701. The smallest absolute Gasteiger partial charge is 0.248 e. The van der Waals surface area contributed by atoms with Crippen molar-refractivity contribution in [1.82, 2.24) is 29.9 Å². The monoisotopic (exact) mass is 331 g/mol. The molecule has 0 saturated carbocycles. The van der Waals surface area contributed by atoms with Crippen molar-refractivity contribution in [2.45, 2.75) is 12.5 Å². The van der Waals surface area contributed by atoms with E-state index in [2.05, 4.69) is 25.2 Å². The van der Waals surface area contributed by atoms with Crippen molar-refractivity contribution >= 4 is 11.9 Å². The van der Waals surface area contributed by atoms with Gasteiger partial charge >= 0.3 is 0 Å². The van der Waals surface area contributed by atoms with Gasteiger partial charge in [0.2, 0.25) is 11.9 Å². The molecule has 0 bridgehead atoms. The third kappa shape index (κ3) is 3.35. The summed E-state index contributed by atoms with van der Waals surface area (Å²) in [6.45, 7) is 1.78. The second kappa shape index (κ2) is 6.91. The molecular formula is C15H21N7O2. The van der Waals surface area contributed by atoms with Gasteiger partial charge in [0.1, 0.15) is 12.3 Å². The first-order chi connectivity index (χ1) is 11.6. The van der Waals surface area contributed by atoms with E-state index in [1.54, 1.807) is 37.2 Å². The zero-order chi connectivity index (χ0) is 17.1. The molecule has 0 N–H and O–H groups in total. The van der Waals surface area contributed by atoms with Crippen LogP contribution < -0.4 is 4.90 Å². The lowest BCUT2D eigenvalue weighted by Gasteiger charge is -2.32. The summed E-state index contributed by atoms with van der Waals surface area (Å²) in [6.07, 6.45) is 3.44. The average Bonchev–Trinajstić information content (AvgIpc) is 2.96. The number of rotatable bonds is 5. The van der Waals surface area contributed by atoms with Gasteiger partial charge in [0.05, 0.1) is 18.8 Å². The Morgan fingerprint density at radius 2 is 2.12 bits per heavy atom. The molecule has 1 aliphatic rings. The summed E-state index contributed by atoms with van der Waals surface area (Å²) in [5.74, 6) is 0.646. The summed E-state index contributed by atoms with van der Waals surface area (Å²) in [5, 5.41) is 8.36. The zero-order valence-corrected chi connectivity index (χ0v) is 14.1. The van der Waals surface area contributed by atoms with Crippen LogP contribution in [0, 0.1) is 0 Å². The highest BCUT2D eigenvalue weighted by Crippen LogP contribution is 2.28. The van der Waals surface area contributed by atoms with Crippen molar-refractivity contribution in [3.05, 3.63) is 29.8 Å². The predicted molar refractivity (Wildman–Crippen MR) is 86.3 cm³/mol. The van der Waals surface area contributed by atoms with Gasteiger partial charge in [-0.2, -0.15) is 0 Å². The molecule has 0 spiro atoms. The number of likely N-dealkylation sites (N-methyl/N-ethyl adjacent to an activating group) is 1. The molecule has 0 saturated heterocycles. The third-order valence-electron chi connectivity index (χ3n) is 3.99. The fraction of sp³-hybridized carbons (Fsp3) is 0.533. The second-order valence-corrected chi connectivity index (χ2v) is 5.97. The van der Waals surface area contributed by atoms with Crippen molar-refractivity contribution in [1.29, 1.82) is 0 Å². The minimum Gasteiger partial charge on any atom is -0.371 e. The van der Waals surface area contributed by atoms with E-state index in [4.69, 9.17) is 4.74 Å². The highest BCUT2D eigenvalue weighted by atomic mass is 16.5. The quantitative estimate of drug-likeness (QED) is 0.750. The molecule has 9 nitrogen and oxygen atoms in total. The van der Waals surface area contributed by atoms with Crippen LogP contribution in [0.1, 0.15) is 17.3 Å². The standard InChI is InChI=1S/C15H21N7O2/c1-20(2)13(23)10-24-9-11-7-22(15-16-5-4-6-17-15)8-12-14(11)21(3)19-18-12/h4-6,11H,7-10H2,1-3H3/t11-/m0/s1. The fourth-order valence-electron chi connectivity index (χ4n) is 2.77. The first-order valence-electron chi connectivity index (χ1n) is 7.74. The number of anilines is 1. The molecule has 1 atom stereocenters. The SMILES string of the molecule is CN(C)C(=O)COC[C@@H]1CN(c2ncccn2)Cc2nnn(C)c21. The summed E-state index contributed by atoms with van der Waals surface area (Å²) in [4.78, 5) is 23.9. The number of carbonyl (C=O) groups is 1. The maximum Gasteiger partial charge on any atom is 0.248 e. The van der Waals surface area contributed by atoms with Crippen LogP contribution in [0.15, 0.2) is 18.5 Å². The van der Waals surface area contributed by atoms with Gasteiger partial charge in [-0.3, -0.25) is 9.48 Å². The highest BCUT2D eigenvalue weighted by molar-refractivity contribution is 5.76. The van der Waals surface area contributed by atoms with Crippen LogP contribution in [-0.2, 0) is 23.1 Å². The molecule has 0 unspecified atom stereocenters. The van der Waals surface area contributed by atoms with E-state index < -0.39 is 0 Å². The molecule has 1 amide bonds. The molecule has 9 heteroatoms. The number of aromatic nitrogens is 5. The Hall–Kier alpha value is -2.55. The fourth-order valence-corrected chi connectivity index (χ4v) is 2.77. The first-order valence-corrected chi connectivity index (χ1v) is 7.74. The molecule has 3 rings (SSSR count). The predicted octanol–water partition coefficient (Wildman–Crippen LogP) is -0.186. The lowest BCUT2D eigenvalue weighted by Crippen LogP contribution is -2.38. The summed E-state index contributed by atoms with van der Waals surface area (Å²) in [6, 6.07) is 1.79. The first kappa shape index (κ1) is 16.3. The lowest BCUT2D eigenvalue weighted by atomic mass is 9.99. The minimum atomic E-state index is -0.0580. The number of hydrogen-bond acceptors (Lipinski definition) is 7. The number of carbonyl (C=O) groups excluding carboxylic acids is 1. The number of hydrogen-bond donors (Lipinski definition) is 0. The largest absolute Gasteiger partial charge is 0.371 e. The molecule has 0 aliphatic carbocycles. The van der Waals surface area contributed by atoms with E-state index in [1.807, 2.05) is 7.05 Å². The number of aryl methyl sites for hydroxylation is 1. The number of nitrogens with zero attached hydrogens (tertiary/aromatic N) is 7. The van der Waals surface area contributed by atoms with Gasteiger partial charge < -0.3 is 14.5 Å².